The molecule has 29 heavy (non-hydrogen) atoms. The van der Waals surface area contributed by atoms with Crippen molar-refractivity contribution in [3.05, 3.63) is 54.1 Å². The molecular formula is C19H17F3N2O5. The van der Waals surface area contributed by atoms with Gasteiger partial charge in [-0.2, -0.15) is 13.2 Å². The molecule has 1 heterocycles. The number of benzene rings is 2. The van der Waals surface area contributed by atoms with Crippen LogP contribution in [0.15, 0.2) is 48.5 Å². The average Bonchev–Trinajstić information content (AvgIpc) is 2.71. The highest BCUT2D eigenvalue weighted by Gasteiger charge is 2.55. The van der Waals surface area contributed by atoms with Crippen molar-refractivity contribution in [1.82, 2.24) is 5.32 Å². The summed E-state index contributed by atoms with van der Waals surface area (Å²) >= 11 is 0. The molecule has 0 unspecified atom stereocenters. The van der Waals surface area contributed by atoms with Crippen molar-refractivity contribution < 1.29 is 37.3 Å². The topological polar surface area (TPSA) is 96.9 Å². The van der Waals surface area contributed by atoms with Crippen molar-refractivity contribution >= 4 is 17.5 Å². The quantitative estimate of drug-likeness (QED) is 0.670. The van der Waals surface area contributed by atoms with Crippen LogP contribution in [0.1, 0.15) is 5.56 Å². The number of carbonyl (C=O) groups is 2. The highest BCUT2D eigenvalue weighted by Crippen LogP contribution is 2.38. The summed E-state index contributed by atoms with van der Waals surface area (Å²) in [5.41, 5.74) is -3.61. The van der Waals surface area contributed by atoms with Crippen LogP contribution in [0.2, 0.25) is 0 Å². The van der Waals surface area contributed by atoms with Crippen LogP contribution >= 0.6 is 0 Å². The van der Waals surface area contributed by atoms with Crippen molar-refractivity contribution in [3.8, 4) is 11.5 Å². The Balaban J connectivity index is 1.66. The van der Waals surface area contributed by atoms with Crippen LogP contribution in [0, 0.1) is 0 Å². The van der Waals surface area contributed by atoms with Crippen LogP contribution in [0.4, 0.5) is 18.9 Å². The maximum absolute atomic E-state index is 13.4. The maximum Gasteiger partial charge on any atom is 0.423 e. The van der Waals surface area contributed by atoms with Gasteiger partial charge in [0, 0.05) is 11.8 Å². The lowest BCUT2D eigenvalue weighted by molar-refractivity contribution is -0.264. The third-order valence-electron chi connectivity index (χ3n) is 4.23. The van der Waals surface area contributed by atoms with E-state index < -0.39 is 35.7 Å². The van der Waals surface area contributed by atoms with Gasteiger partial charge in [0.1, 0.15) is 13.2 Å². The van der Waals surface area contributed by atoms with E-state index in [1.165, 1.54) is 36.4 Å². The number of carbonyl (C=O) groups excluding carboxylic acids is 2. The molecule has 3 N–H and O–H groups in total. The second kappa shape index (κ2) is 8.00. The van der Waals surface area contributed by atoms with Gasteiger partial charge < -0.3 is 25.2 Å². The van der Waals surface area contributed by atoms with Gasteiger partial charge in [0.25, 0.3) is 0 Å². The predicted molar refractivity (Wildman–Crippen MR) is 95.5 cm³/mol. The summed E-state index contributed by atoms with van der Waals surface area (Å²) < 4.78 is 50.9. The van der Waals surface area contributed by atoms with Crippen molar-refractivity contribution in [2.24, 2.45) is 0 Å². The number of ether oxygens (including phenoxy) is 2. The van der Waals surface area contributed by atoms with E-state index in [0.717, 1.165) is 12.1 Å². The number of hydrogen-bond acceptors (Lipinski definition) is 5. The van der Waals surface area contributed by atoms with E-state index in [2.05, 4.69) is 5.32 Å². The molecule has 2 aromatic carbocycles. The molecule has 0 spiro atoms. The van der Waals surface area contributed by atoms with Gasteiger partial charge in [-0.05, 0) is 17.7 Å². The van der Waals surface area contributed by atoms with Crippen molar-refractivity contribution in [1.29, 1.82) is 0 Å². The number of nitrogens with one attached hydrogen (secondary N) is 2. The monoisotopic (exact) mass is 410 g/mol. The molecule has 0 bridgehead atoms. The van der Waals surface area contributed by atoms with E-state index in [0.29, 0.717) is 24.7 Å². The van der Waals surface area contributed by atoms with Crippen LogP contribution in [0.25, 0.3) is 0 Å². The zero-order valence-corrected chi connectivity index (χ0v) is 15.0. The van der Waals surface area contributed by atoms with Crippen LogP contribution in [0.5, 0.6) is 11.5 Å². The molecule has 1 atom stereocenters. The molecule has 0 saturated heterocycles. The third-order valence-corrected chi connectivity index (χ3v) is 4.23. The molecule has 1 aliphatic rings. The van der Waals surface area contributed by atoms with Crippen molar-refractivity contribution in [2.45, 2.75) is 11.8 Å². The minimum atomic E-state index is -5.08. The number of aliphatic hydroxyl groups is 1. The van der Waals surface area contributed by atoms with Crippen LogP contribution in [0.3, 0.4) is 0 Å². The Kier molecular flexibility index (Phi) is 5.64. The second-order valence-corrected chi connectivity index (χ2v) is 6.22. The largest absolute Gasteiger partial charge is 0.486 e. The first-order valence-electron chi connectivity index (χ1n) is 8.54. The number of rotatable bonds is 4. The second-order valence-electron chi connectivity index (χ2n) is 6.22. The number of amides is 2. The van der Waals surface area contributed by atoms with Gasteiger partial charge >= 0.3 is 18.0 Å². The molecule has 0 radical (unpaired) electrons. The Morgan fingerprint density at radius 3 is 2.28 bits per heavy atom. The lowest BCUT2D eigenvalue weighted by Gasteiger charge is -2.31. The van der Waals surface area contributed by atoms with Gasteiger partial charge in [-0.25, -0.2) is 0 Å². The molecule has 7 nitrogen and oxygen atoms in total. The van der Waals surface area contributed by atoms with E-state index in [1.54, 1.807) is 0 Å². The zero-order chi connectivity index (χ0) is 21.1. The fourth-order valence-electron chi connectivity index (χ4n) is 2.68. The van der Waals surface area contributed by atoms with E-state index >= 15 is 0 Å². The van der Waals surface area contributed by atoms with Gasteiger partial charge in [-0.3, -0.25) is 9.59 Å². The number of halogens is 3. The number of alkyl halides is 3. The summed E-state index contributed by atoms with van der Waals surface area (Å²) in [5, 5.41) is 14.3. The highest BCUT2D eigenvalue weighted by molar-refractivity contribution is 6.39. The van der Waals surface area contributed by atoms with Crippen LogP contribution < -0.4 is 20.1 Å². The maximum atomic E-state index is 13.4. The molecule has 0 fully saturated rings. The Morgan fingerprint density at radius 1 is 0.966 bits per heavy atom. The minimum Gasteiger partial charge on any atom is -0.486 e. The molecule has 3 rings (SSSR count). The van der Waals surface area contributed by atoms with Gasteiger partial charge in [0.2, 0.25) is 5.60 Å². The SMILES string of the molecule is O=C(NC[C@](O)(c1ccccc1)C(F)(F)F)C(=O)Nc1ccc2c(c1)OCCO2. The Hall–Kier alpha value is -3.27. The third kappa shape index (κ3) is 4.43. The standard InChI is InChI=1S/C19H17F3N2O5/c20-19(21,22)18(27,12-4-2-1-3-5-12)11-23-16(25)17(26)24-13-6-7-14-15(10-13)29-9-8-28-14/h1-7,10,27H,8-9,11H2,(H,23,25)(H,24,26)/t18-/m0/s1. The van der Waals surface area contributed by atoms with E-state index in [-0.39, 0.29) is 5.69 Å². The summed E-state index contributed by atoms with van der Waals surface area (Å²) in [7, 11) is 0. The van der Waals surface area contributed by atoms with E-state index in [1.807, 2.05) is 5.32 Å². The predicted octanol–water partition coefficient (Wildman–Crippen LogP) is 1.96. The van der Waals surface area contributed by atoms with Crippen LogP contribution in [-0.4, -0.2) is 42.9 Å². The van der Waals surface area contributed by atoms with Crippen molar-refractivity contribution in [3.63, 3.8) is 0 Å². The average molecular weight is 410 g/mol. The minimum absolute atomic E-state index is 0.198. The highest BCUT2D eigenvalue weighted by atomic mass is 19.4. The first kappa shape index (κ1) is 20.5. The molecule has 1 aliphatic heterocycles. The zero-order valence-electron chi connectivity index (χ0n) is 15.0. The van der Waals surface area contributed by atoms with Crippen LogP contribution in [-0.2, 0) is 15.2 Å². The molecule has 2 amide bonds. The molecule has 0 aliphatic carbocycles. The molecular weight excluding hydrogens is 393 g/mol. The summed E-state index contributed by atoms with van der Waals surface area (Å²) in [6, 6.07) is 10.7. The number of fused-ring (bicyclic) bond motifs is 1. The van der Waals surface area contributed by atoms with Gasteiger partial charge in [-0.15, -0.1) is 0 Å². The van der Waals surface area contributed by atoms with E-state index in [9.17, 15) is 27.9 Å². The Morgan fingerprint density at radius 2 is 1.62 bits per heavy atom. The van der Waals surface area contributed by atoms with Gasteiger partial charge in [-0.1, -0.05) is 30.3 Å². The van der Waals surface area contributed by atoms with Gasteiger partial charge in [0.15, 0.2) is 11.5 Å². The molecule has 0 saturated carbocycles. The summed E-state index contributed by atoms with van der Waals surface area (Å²) in [5.74, 6) is -1.69. The Bertz CT molecular complexity index is 904. The molecule has 0 aromatic heterocycles. The smallest absolute Gasteiger partial charge is 0.423 e. The number of hydrogen-bond donors (Lipinski definition) is 3. The fourth-order valence-corrected chi connectivity index (χ4v) is 2.68. The Labute approximate surface area is 163 Å². The summed E-state index contributed by atoms with van der Waals surface area (Å²) in [4.78, 5) is 24.0. The summed E-state index contributed by atoms with van der Waals surface area (Å²) in [6.07, 6.45) is -5.08. The fraction of sp³-hybridized carbons (Fsp3) is 0.263. The number of anilines is 1. The first-order valence-corrected chi connectivity index (χ1v) is 8.54. The van der Waals surface area contributed by atoms with Crippen molar-refractivity contribution in [2.75, 3.05) is 25.1 Å². The molecule has 2 aromatic rings. The normalized spacial score (nSPS) is 15.2. The lowest BCUT2D eigenvalue weighted by atomic mass is 9.93. The summed E-state index contributed by atoms with van der Waals surface area (Å²) in [6.45, 7) is -0.529. The molecule has 10 heteroatoms. The van der Waals surface area contributed by atoms with Gasteiger partial charge in [0.05, 0.1) is 6.54 Å². The molecule has 154 valence electrons. The lowest BCUT2D eigenvalue weighted by Crippen LogP contribution is -2.52. The van der Waals surface area contributed by atoms with E-state index in [4.69, 9.17) is 9.47 Å². The first-order chi connectivity index (χ1) is 13.7.